The number of carbonyl (C=O) groups excluding carboxylic acids is 1. The molecule has 1 aromatic rings. The minimum atomic E-state index is -4.64. The zero-order valence-electron chi connectivity index (χ0n) is 9.35. The molecule has 1 aliphatic heterocycles. The van der Waals surface area contributed by atoms with Crippen LogP contribution in [0.4, 0.5) is 22.4 Å². The summed E-state index contributed by atoms with van der Waals surface area (Å²) in [5.74, 6) is -0.970. The molecule has 1 fully saturated rings. The Labute approximate surface area is 110 Å². The molecule has 1 amide bonds. The number of alkyl carbamates (subject to hydrolysis) is 1. The molecule has 8 heteroatoms. The zero-order chi connectivity index (χ0) is 14.2. The third-order valence-electron chi connectivity index (χ3n) is 2.69. The lowest BCUT2D eigenvalue weighted by atomic mass is 10.00. The van der Waals surface area contributed by atoms with Gasteiger partial charge in [0.25, 0.3) is 0 Å². The van der Waals surface area contributed by atoms with E-state index >= 15 is 0 Å². The van der Waals surface area contributed by atoms with Gasteiger partial charge in [0.1, 0.15) is 5.82 Å². The second kappa shape index (κ2) is 4.88. The summed E-state index contributed by atoms with van der Waals surface area (Å²) in [4.78, 5) is 11.0. The number of carbonyl (C=O) groups is 1. The second-order valence-electron chi connectivity index (χ2n) is 3.98. The first-order valence-corrected chi connectivity index (χ1v) is 5.66. The van der Waals surface area contributed by atoms with Crippen LogP contribution in [0, 0.1) is 5.82 Å². The Bertz CT molecular complexity index is 518. The fourth-order valence-electron chi connectivity index (χ4n) is 1.79. The highest BCUT2D eigenvalue weighted by Crippen LogP contribution is 2.36. The highest BCUT2D eigenvalue weighted by Gasteiger charge is 2.34. The van der Waals surface area contributed by atoms with E-state index in [1.807, 2.05) is 0 Å². The summed E-state index contributed by atoms with van der Waals surface area (Å²) in [6, 6.07) is 0.278. The molecule has 1 atom stereocenters. The molecule has 19 heavy (non-hydrogen) atoms. The van der Waals surface area contributed by atoms with E-state index in [0.29, 0.717) is 12.1 Å². The normalized spacial score (nSPS) is 19.8. The summed E-state index contributed by atoms with van der Waals surface area (Å²) < 4.78 is 56.3. The van der Waals surface area contributed by atoms with E-state index in [1.54, 1.807) is 0 Å². The molecule has 1 aliphatic rings. The molecular weight excluding hydrogens is 290 g/mol. The third kappa shape index (κ3) is 2.91. The number of ether oxygens (including phenoxy) is 1. The van der Waals surface area contributed by atoms with Gasteiger partial charge in [0.15, 0.2) is 0 Å². The van der Waals surface area contributed by atoms with E-state index in [9.17, 15) is 22.4 Å². The van der Waals surface area contributed by atoms with Crippen LogP contribution in [0.1, 0.15) is 23.6 Å². The van der Waals surface area contributed by atoms with Crippen LogP contribution < -0.4 is 5.32 Å². The highest BCUT2D eigenvalue weighted by atomic mass is 35.5. The maximum Gasteiger partial charge on any atom is 0.416 e. The lowest BCUT2D eigenvalue weighted by Crippen LogP contribution is -2.35. The van der Waals surface area contributed by atoms with Crippen LogP contribution in [0.5, 0.6) is 0 Å². The van der Waals surface area contributed by atoms with E-state index in [4.69, 9.17) is 11.6 Å². The van der Waals surface area contributed by atoms with Crippen molar-refractivity contribution in [2.24, 2.45) is 0 Å². The van der Waals surface area contributed by atoms with Crippen molar-refractivity contribution in [2.75, 3.05) is 6.61 Å². The fraction of sp³-hybridized carbons (Fsp3) is 0.364. The molecule has 0 aromatic heterocycles. The van der Waals surface area contributed by atoms with Crippen LogP contribution in [0.3, 0.4) is 0 Å². The predicted molar refractivity (Wildman–Crippen MR) is 58.3 cm³/mol. The Morgan fingerprint density at radius 3 is 2.63 bits per heavy atom. The summed E-state index contributed by atoms with van der Waals surface area (Å²) in [7, 11) is 0. The van der Waals surface area contributed by atoms with E-state index in [2.05, 4.69) is 10.1 Å². The van der Waals surface area contributed by atoms with E-state index < -0.39 is 34.7 Å². The Balaban J connectivity index is 2.44. The van der Waals surface area contributed by atoms with Gasteiger partial charge < -0.3 is 10.1 Å². The number of nitrogens with one attached hydrogen (secondary N) is 1. The predicted octanol–water partition coefficient (Wildman–Crippen LogP) is 3.67. The van der Waals surface area contributed by atoms with E-state index in [-0.39, 0.29) is 18.6 Å². The number of hydrogen-bond acceptors (Lipinski definition) is 2. The number of alkyl halides is 3. The van der Waals surface area contributed by atoms with Crippen molar-refractivity contribution in [3.63, 3.8) is 0 Å². The molecule has 0 saturated carbocycles. The molecule has 1 aromatic carbocycles. The SMILES string of the molecule is O=C1N[C@@H](c2cc(C(F)(F)F)cc(Cl)c2F)CCO1. The minimum Gasteiger partial charge on any atom is -0.449 e. The van der Waals surface area contributed by atoms with E-state index in [1.165, 1.54) is 0 Å². The molecule has 1 saturated heterocycles. The fourth-order valence-corrected chi connectivity index (χ4v) is 2.01. The molecule has 104 valence electrons. The van der Waals surface area contributed by atoms with E-state index in [0.717, 1.165) is 0 Å². The van der Waals surface area contributed by atoms with Crippen LogP contribution in [-0.2, 0) is 10.9 Å². The number of benzene rings is 1. The number of amides is 1. The molecule has 0 aliphatic carbocycles. The molecular formula is C11H8ClF4NO2. The van der Waals surface area contributed by atoms with Gasteiger partial charge in [-0.2, -0.15) is 13.2 Å². The lowest BCUT2D eigenvalue weighted by molar-refractivity contribution is -0.137. The second-order valence-corrected chi connectivity index (χ2v) is 4.39. The van der Waals surface area contributed by atoms with Gasteiger partial charge >= 0.3 is 12.3 Å². The summed E-state index contributed by atoms with van der Waals surface area (Å²) in [5, 5.41) is 1.62. The average molecular weight is 298 g/mol. The molecule has 0 spiro atoms. The average Bonchev–Trinajstić information content (AvgIpc) is 2.31. The third-order valence-corrected chi connectivity index (χ3v) is 2.97. The minimum absolute atomic E-state index is 0.00377. The van der Waals surface area contributed by atoms with Crippen molar-refractivity contribution in [1.29, 1.82) is 0 Å². The van der Waals surface area contributed by atoms with Crippen molar-refractivity contribution in [1.82, 2.24) is 5.32 Å². The van der Waals surface area contributed by atoms with Gasteiger partial charge in [0.2, 0.25) is 0 Å². The standard InChI is InChI=1S/C11H8ClF4NO2/c12-7-4-5(11(14,15)16)3-6(9(7)13)8-1-2-19-10(18)17-8/h3-4,8H,1-2H2,(H,17,18)/t8-/m1/s1. The summed E-state index contributed by atoms with van der Waals surface area (Å²) in [6.45, 7) is 0.00377. The monoisotopic (exact) mass is 297 g/mol. The molecule has 2 rings (SSSR count). The van der Waals surface area contributed by atoms with Crippen molar-refractivity contribution < 1.29 is 27.1 Å². The maximum atomic E-state index is 13.8. The van der Waals surface area contributed by atoms with Crippen molar-refractivity contribution in [3.05, 3.63) is 34.1 Å². The first-order valence-electron chi connectivity index (χ1n) is 5.28. The number of halogens is 5. The van der Waals surface area contributed by atoms with Gasteiger partial charge in [-0.3, -0.25) is 0 Å². The largest absolute Gasteiger partial charge is 0.449 e. The smallest absolute Gasteiger partial charge is 0.416 e. The first-order chi connectivity index (χ1) is 8.79. The van der Waals surface area contributed by atoms with Crippen molar-refractivity contribution >= 4 is 17.7 Å². The molecule has 3 nitrogen and oxygen atoms in total. The molecule has 0 bridgehead atoms. The quantitative estimate of drug-likeness (QED) is 0.803. The first kappa shape index (κ1) is 13.9. The summed E-state index contributed by atoms with van der Waals surface area (Å²) >= 11 is 5.46. The molecule has 1 heterocycles. The van der Waals surface area contributed by atoms with Crippen LogP contribution in [0.25, 0.3) is 0 Å². The Morgan fingerprint density at radius 1 is 1.37 bits per heavy atom. The van der Waals surface area contributed by atoms with Crippen molar-refractivity contribution in [3.8, 4) is 0 Å². The Morgan fingerprint density at radius 2 is 2.05 bits per heavy atom. The van der Waals surface area contributed by atoms with Crippen LogP contribution in [-0.4, -0.2) is 12.7 Å². The van der Waals surface area contributed by atoms with Gasteiger partial charge in [-0.1, -0.05) is 11.6 Å². The Kier molecular flexibility index (Phi) is 3.58. The molecule has 0 unspecified atom stereocenters. The number of hydrogen-bond donors (Lipinski definition) is 1. The van der Waals surface area contributed by atoms with Gasteiger partial charge in [0.05, 0.1) is 23.2 Å². The number of rotatable bonds is 1. The van der Waals surface area contributed by atoms with Crippen molar-refractivity contribution in [2.45, 2.75) is 18.6 Å². The van der Waals surface area contributed by atoms with Crippen LogP contribution in [0.2, 0.25) is 5.02 Å². The van der Waals surface area contributed by atoms with Gasteiger partial charge in [-0.25, -0.2) is 9.18 Å². The van der Waals surface area contributed by atoms with Crippen LogP contribution in [0.15, 0.2) is 12.1 Å². The zero-order valence-corrected chi connectivity index (χ0v) is 10.1. The molecule has 0 radical (unpaired) electrons. The van der Waals surface area contributed by atoms with Crippen LogP contribution >= 0.6 is 11.6 Å². The number of cyclic esters (lactones) is 1. The Hall–Kier alpha value is -1.50. The lowest BCUT2D eigenvalue weighted by Gasteiger charge is -2.25. The topological polar surface area (TPSA) is 38.3 Å². The molecule has 1 N–H and O–H groups in total. The maximum absolute atomic E-state index is 13.8. The van der Waals surface area contributed by atoms with Gasteiger partial charge in [-0.15, -0.1) is 0 Å². The van der Waals surface area contributed by atoms with Gasteiger partial charge in [-0.05, 0) is 12.1 Å². The highest BCUT2D eigenvalue weighted by molar-refractivity contribution is 6.30. The van der Waals surface area contributed by atoms with Gasteiger partial charge in [0, 0.05) is 12.0 Å². The summed E-state index contributed by atoms with van der Waals surface area (Å²) in [5.41, 5.74) is -1.36. The summed E-state index contributed by atoms with van der Waals surface area (Å²) in [6.07, 6.45) is -5.27.